The number of carbonyl (C=O) groups is 1. The molecule has 0 spiro atoms. The van der Waals surface area contributed by atoms with Gasteiger partial charge in [0.25, 0.3) is 5.91 Å². The number of hydrogen-bond acceptors (Lipinski definition) is 5. The number of carbonyl (C=O) groups excluding carboxylic acids is 1. The van der Waals surface area contributed by atoms with E-state index in [1.54, 1.807) is 23.5 Å². The first-order chi connectivity index (χ1) is 13.7. The van der Waals surface area contributed by atoms with Crippen LogP contribution in [0.15, 0.2) is 66.3 Å². The fourth-order valence-electron chi connectivity index (χ4n) is 2.74. The van der Waals surface area contributed by atoms with Crippen LogP contribution in [0.4, 0.5) is 5.69 Å². The Morgan fingerprint density at radius 3 is 2.46 bits per heavy atom. The molecule has 0 radical (unpaired) electrons. The Morgan fingerprint density at radius 2 is 1.79 bits per heavy atom. The largest absolute Gasteiger partial charge is 0.494 e. The van der Waals surface area contributed by atoms with Gasteiger partial charge in [0.1, 0.15) is 11.5 Å². The highest BCUT2D eigenvalue weighted by Crippen LogP contribution is 2.23. The monoisotopic (exact) mass is 393 g/mol. The van der Waals surface area contributed by atoms with Crippen LogP contribution >= 0.6 is 11.3 Å². The van der Waals surface area contributed by atoms with Crippen molar-refractivity contribution in [2.75, 3.05) is 18.5 Å². The lowest BCUT2D eigenvalue weighted by Crippen LogP contribution is -2.20. The maximum Gasteiger partial charge on any atom is 0.262 e. The Bertz CT molecular complexity index is 1040. The van der Waals surface area contributed by atoms with E-state index in [1.165, 1.54) is 0 Å². The molecule has 142 valence electrons. The Balaban J connectivity index is 1.32. The summed E-state index contributed by atoms with van der Waals surface area (Å²) in [4.78, 5) is 17.7. The molecule has 6 nitrogen and oxygen atoms in total. The first-order valence-electron chi connectivity index (χ1n) is 8.89. The lowest BCUT2D eigenvalue weighted by Gasteiger charge is -2.09. The smallest absolute Gasteiger partial charge is 0.262 e. The number of benzene rings is 2. The molecule has 0 aliphatic carbocycles. The van der Waals surface area contributed by atoms with Crippen LogP contribution in [-0.2, 0) is 4.79 Å². The van der Waals surface area contributed by atoms with Crippen molar-refractivity contribution < 1.29 is 14.3 Å². The van der Waals surface area contributed by atoms with Gasteiger partial charge in [-0.2, -0.15) is 0 Å². The molecule has 0 unspecified atom stereocenters. The second-order valence-electron chi connectivity index (χ2n) is 6.04. The van der Waals surface area contributed by atoms with Crippen LogP contribution in [0.3, 0.4) is 0 Å². The van der Waals surface area contributed by atoms with E-state index >= 15 is 0 Å². The summed E-state index contributed by atoms with van der Waals surface area (Å²) < 4.78 is 12.9. The summed E-state index contributed by atoms with van der Waals surface area (Å²) in [5, 5.41) is 4.83. The number of hydrogen-bond donors (Lipinski definition) is 1. The van der Waals surface area contributed by atoms with Gasteiger partial charge in [0.15, 0.2) is 11.6 Å². The van der Waals surface area contributed by atoms with Gasteiger partial charge in [-0.25, -0.2) is 4.98 Å². The number of imidazole rings is 1. The van der Waals surface area contributed by atoms with Gasteiger partial charge < -0.3 is 14.8 Å². The second-order valence-corrected chi connectivity index (χ2v) is 6.91. The summed E-state index contributed by atoms with van der Waals surface area (Å²) >= 11 is 1.60. The molecular formula is C21H19N3O3S. The normalized spacial score (nSPS) is 10.8. The second kappa shape index (κ2) is 8.14. The summed E-state index contributed by atoms with van der Waals surface area (Å²) in [7, 11) is 0. The number of aromatic nitrogens is 2. The van der Waals surface area contributed by atoms with Gasteiger partial charge in [0.05, 0.1) is 12.3 Å². The van der Waals surface area contributed by atoms with E-state index in [0.717, 1.165) is 22.0 Å². The van der Waals surface area contributed by atoms with Gasteiger partial charge in [-0.1, -0.05) is 12.1 Å². The SMILES string of the molecule is CCOc1ccc(OCC(=O)Nc2ccc(-c3cn4ccsc4n3)cc2)cc1. The molecule has 7 heteroatoms. The molecule has 0 saturated heterocycles. The molecule has 2 aromatic carbocycles. The van der Waals surface area contributed by atoms with E-state index in [4.69, 9.17) is 9.47 Å². The molecule has 0 fully saturated rings. The van der Waals surface area contributed by atoms with Crippen molar-refractivity contribution in [3.05, 3.63) is 66.3 Å². The minimum Gasteiger partial charge on any atom is -0.494 e. The van der Waals surface area contributed by atoms with Crippen molar-refractivity contribution in [1.82, 2.24) is 9.38 Å². The van der Waals surface area contributed by atoms with E-state index in [-0.39, 0.29) is 12.5 Å². The predicted octanol–water partition coefficient (Wildman–Crippen LogP) is 4.48. The van der Waals surface area contributed by atoms with Crippen molar-refractivity contribution in [1.29, 1.82) is 0 Å². The van der Waals surface area contributed by atoms with Crippen LogP contribution < -0.4 is 14.8 Å². The van der Waals surface area contributed by atoms with Crippen LogP contribution in [0.2, 0.25) is 0 Å². The molecule has 0 aliphatic rings. The Morgan fingerprint density at radius 1 is 1.07 bits per heavy atom. The fourth-order valence-corrected chi connectivity index (χ4v) is 3.44. The number of fused-ring (bicyclic) bond motifs is 1. The average molecular weight is 393 g/mol. The number of rotatable bonds is 7. The summed E-state index contributed by atoms with van der Waals surface area (Å²) in [6.07, 6.45) is 3.97. The van der Waals surface area contributed by atoms with Crippen LogP contribution in [0.25, 0.3) is 16.2 Å². The number of nitrogens with zero attached hydrogens (tertiary/aromatic N) is 2. The van der Waals surface area contributed by atoms with Crippen molar-refractivity contribution in [2.24, 2.45) is 0 Å². The topological polar surface area (TPSA) is 64.9 Å². The Labute approximate surface area is 166 Å². The standard InChI is InChI=1S/C21H19N3O3S/c1-2-26-17-7-9-18(10-8-17)27-14-20(25)22-16-5-3-15(4-6-16)19-13-24-11-12-28-21(24)23-19/h3-13H,2,14H2,1H3,(H,22,25). The number of amides is 1. The molecule has 0 bridgehead atoms. The van der Waals surface area contributed by atoms with E-state index in [2.05, 4.69) is 10.3 Å². The molecule has 0 atom stereocenters. The molecular weight excluding hydrogens is 374 g/mol. The zero-order valence-corrected chi connectivity index (χ0v) is 16.1. The maximum atomic E-state index is 12.1. The van der Waals surface area contributed by atoms with Crippen molar-refractivity contribution >= 4 is 27.9 Å². The Kier molecular flexibility index (Phi) is 5.25. The Hall–Kier alpha value is -3.32. The highest BCUT2D eigenvalue weighted by Gasteiger charge is 2.07. The van der Waals surface area contributed by atoms with Crippen LogP contribution in [0.1, 0.15) is 6.92 Å². The maximum absolute atomic E-state index is 12.1. The van der Waals surface area contributed by atoms with E-state index in [1.807, 2.05) is 65.5 Å². The zero-order chi connectivity index (χ0) is 19.3. The molecule has 4 aromatic rings. The molecule has 0 saturated carbocycles. The summed E-state index contributed by atoms with van der Waals surface area (Å²) in [5.74, 6) is 1.18. The number of thiazole rings is 1. The first kappa shape index (κ1) is 18.1. The van der Waals surface area contributed by atoms with Crippen LogP contribution in [-0.4, -0.2) is 28.5 Å². The molecule has 1 N–H and O–H groups in total. The molecule has 2 aromatic heterocycles. The van der Waals surface area contributed by atoms with E-state index in [9.17, 15) is 4.79 Å². The number of anilines is 1. The summed E-state index contributed by atoms with van der Waals surface area (Å²) in [6.45, 7) is 2.48. The van der Waals surface area contributed by atoms with Crippen molar-refractivity contribution in [3.63, 3.8) is 0 Å². The summed E-state index contributed by atoms with van der Waals surface area (Å²) in [5.41, 5.74) is 2.62. The lowest BCUT2D eigenvalue weighted by atomic mass is 10.1. The van der Waals surface area contributed by atoms with E-state index in [0.29, 0.717) is 18.0 Å². The lowest BCUT2D eigenvalue weighted by molar-refractivity contribution is -0.118. The molecule has 4 rings (SSSR count). The zero-order valence-electron chi connectivity index (χ0n) is 15.3. The molecule has 2 heterocycles. The molecule has 28 heavy (non-hydrogen) atoms. The predicted molar refractivity (Wildman–Crippen MR) is 110 cm³/mol. The summed E-state index contributed by atoms with van der Waals surface area (Å²) in [6, 6.07) is 14.8. The van der Waals surface area contributed by atoms with Crippen LogP contribution in [0.5, 0.6) is 11.5 Å². The van der Waals surface area contributed by atoms with Crippen molar-refractivity contribution in [3.8, 4) is 22.8 Å². The quantitative estimate of drug-likeness (QED) is 0.503. The third-order valence-corrected chi connectivity index (χ3v) is 4.83. The number of nitrogens with one attached hydrogen (secondary N) is 1. The minimum atomic E-state index is -0.218. The molecule has 1 amide bonds. The highest BCUT2D eigenvalue weighted by molar-refractivity contribution is 7.15. The van der Waals surface area contributed by atoms with Gasteiger partial charge in [-0.15, -0.1) is 11.3 Å². The average Bonchev–Trinajstić information content (AvgIpc) is 3.31. The van der Waals surface area contributed by atoms with Gasteiger partial charge in [-0.3, -0.25) is 9.20 Å². The molecule has 0 aliphatic heterocycles. The third kappa shape index (κ3) is 4.15. The third-order valence-electron chi connectivity index (χ3n) is 4.06. The van der Waals surface area contributed by atoms with Gasteiger partial charge >= 0.3 is 0 Å². The van der Waals surface area contributed by atoms with Crippen molar-refractivity contribution in [2.45, 2.75) is 6.92 Å². The fraction of sp³-hybridized carbons (Fsp3) is 0.143. The number of ether oxygens (including phenoxy) is 2. The highest BCUT2D eigenvalue weighted by atomic mass is 32.1. The minimum absolute atomic E-state index is 0.0624. The first-order valence-corrected chi connectivity index (χ1v) is 9.77. The van der Waals surface area contributed by atoms with Gasteiger partial charge in [-0.05, 0) is 43.3 Å². The van der Waals surface area contributed by atoms with Gasteiger partial charge in [0, 0.05) is 29.0 Å². The van der Waals surface area contributed by atoms with Crippen LogP contribution in [0, 0.1) is 0 Å². The van der Waals surface area contributed by atoms with E-state index < -0.39 is 0 Å². The van der Waals surface area contributed by atoms with Gasteiger partial charge in [0.2, 0.25) is 0 Å².